The number of esters is 1. The number of halogens is 1. The minimum atomic E-state index is -1.46. The molecule has 0 saturated heterocycles. The SMILES string of the molecule is C=C(C)C(=O)OCCCCCCC[Si](Cl)(CCC)CCC. The van der Waals surface area contributed by atoms with Crippen LogP contribution in [0.3, 0.4) is 0 Å². The van der Waals surface area contributed by atoms with Crippen molar-refractivity contribution in [2.75, 3.05) is 6.61 Å². The highest BCUT2D eigenvalue weighted by Crippen LogP contribution is 2.30. The van der Waals surface area contributed by atoms with Crippen LogP contribution in [-0.4, -0.2) is 20.0 Å². The fraction of sp³-hybridized carbons (Fsp3) is 0.824. The summed E-state index contributed by atoms with van der Waals surface area (Å²) in [5.41, 5.74) is 0.477. The van der Waals surface area contributed by atoms with Gasteiger partial charge in [0.25, 0.3) is 0 Å². The lowest BCUT2D eigenvalue weighted by atomic mass is 10.2. The van der Waals surface area contributed by atoms with Crippen molar-refractivity contribution in [3.63, 3.8) is 0 Å². The average molecular weight is 333 g/mol. The van der Waals surface area contributed by atoms with Gasteiger partial charge in [-0.3, -0.25) is 0 Å². The monoisotopic (exact) mass is 332 g/mol. The third-order valence-electron chi connectivity index (χ3n) is 3.75. The first-order valence-corrected chi connectivity index (χ1v) is 12.1. The molecule has 0 aliphatic rings. The van der Waals surface area contributed by atoms with E-state index in [0.29, 0.717) is 12.2 Å². The highest BCUT2D eigenvalue weighted by atomic mass is 35.6. The summed E-state index contributed by atoms with van der Waals surface area (Å²) in [4.78, 5) is 11.2. The molecule has 0 fully saturated rings. The zero-order valence-electron chi connectivity index (χ0n) is 14.2. The molecule has 0 heterocycles. The van der Waals surface area contributed by atoms with Crippen molar-refractivity contribution in [1.82, 2.24) is 0 Å². The predicted octanol–water partition coefficient (Wildman–Crippen LogP) is 6.06. The first-order valence-electron chi connectivity index (χ1n) is 8.46. The molecule has 0 amide bonds. The van der Waals surface area contributed by atoms with Crippen LogP contribution < -0.4 is 0 Å². The fourth-order valence-corrected chi connectivity index (χ4v) is 7.59. The highest BCUT2D eigenvalue weighted by molar-refractivity contribution is 7.20. The molecule has 0 unspecified atom stereocenters. The second-order valence-electron chi connectivity index (χ2n) is 6.08. The van der Waals surface area contributed by atoms with Crippen LogP contribution in [0.2, 0.25) is 18.1 Å². The molecule has 124 valence electrons. The highest BCUT2D eigenvalue weighted by Gasteiger charge is 2.27. The summed E-state index contributed by atoms with van der Waals surface area (Å²) in [5, 5.41) is 0. The van der Waals surface area contributed by atoms with Crippen molar-refractivity contribution in [2.24, 2.45) is 0 Å². The molecule has 0 aliphatic carbocycles. The zero-order chi connectivity index (χ0) is 16.1. The fourth-order valence-electron chi connectivity index (χ4n) is 2.63. The first kappa shape index (κ1) is 20.7. The molecule has 0 rings (SSSR count). The summed E-state index contributed by atoms with van der Waals surface area (Å²) in [6, 6.07) is 3.79. The molecule has 0 aromatic rings. The Morgan fingerprint density at radius 3 is 2.05 bits per heavy atom. The average Bonchev–Trinajstić information content (AvgIpc) is 2.41. The van der Waals surface area contributed by atoms with Gasteiger partial charge in [0.1, 0.15) is 0 Å². The van der Waals surface area contributed by atoms with Crippen molar-refractivity contribution < 1.29 is 9.53 Å². The maximum absolute atomic E-state index is 11.2. The summed E-state index contributed by atoms with van der Waals surface area (Å²) < 4.78 is 5.08. The number of carbonyl (C=O) groups excluding carboxylic acids is 1. The summed E-state index contributed by atoms with van der Waals surface area (Å²) in [7, 11) is -1.46. The van der Waals surface area contributed by atoms with Gasteiger partial charge in [-0.05, 0) is 31.5 Å². The Balaban J connectivity index is 3.58. The largest absolute Gasteiger partial charge is 0.462 e. The maximum Gasteiger partial charge on any atom is 0.333 e. The molecule has 0 bridgehead atoms. The number of carbonyl (C=O) groups is 1. The van der Waals surface area contributed by atoms with Gasteiger partial charge in [-0.2, -0.15) is 11.1 Å². The van der Waals surface area contributed by atoms with E-state index in [1.807, 2.05) is 0 Å². The number of unbranched alkanes of at least 4 members (excludes halogenated alkanes) is 4. The second kappa shape index (κ2) is 12.3. The Morgan fingerprint density at radius 2 is 1.52 bits per heavy atom. The van der Waals surface area contributed by atoms with E-state index in [1.165, 1.54) is 50.2 Å². The van der Waals surface area contributed by atoms with Crippen molar-refractivity contribution in [3.05, 3.63) is 12.2 Å². The van der Waals surface area contributed by atoms with Crippen LogP contribution in [0.25, 0.3) is 0 Å². The lowest BCUT2D eigenvalue weighted by Crippen LogP contribution is -2.25. The predicted molar refractivity (Wildman–Crippen MR) is 95.5 cm³/mol. The standard InChI is InChI=1S/C17H33ClO2Si/c1-5-13-21(18,14-6-2)15-11-9-7-8-10-12-20-17(19)16(3)4/h3,5-15H2,1-2,4H3. The third kappa shape index (κ3) is 11.0. The molecular weight excluding hydrogens is 300 g/mol. The lowest BCUT2D eigenvalue weighted by Gasteiger charge is -2.23. The molecule has 4 heteroatoms. The third-order valence-corrected chi connectivity index (χ3v) is 9.49. The van der Waals surface area contributed by atoms with E-state index in [4.69, 9.17) is 15.8 Å². The van der Waals surface area contributed by atoms with Gasteiger partial charge in [0.2, 0.25) is 0 Å². The van der Waals surface area contributed by atoms with E-state index in [9.17, 15) is 4.79 Å². The molecule has 0 aliphatic heterocycles. The lowest BCUT2D eigenvalue weighted by molar-refractivity contribution is -0.139. The molecule has 0 N–H and O–H groups in total. The Bertz CT molecular complexity index is 299. The molecule has 0 atom stereocenters. The van der Waals surface area contributed by atoms with Crippen molar-refractivity contribution >= 4 is 24.4 Å². The van der Waals surface area contributed by atoms with Gasteiger partial charge in [-0.25, -0.2) is 4.79 Å². The van der Waals surface area contributed by atoms with Crippen LogP contribution in [0, 0.1) is 0 Å². The molecule has 0 radical (unpaired) electrons. The van der Waals surface area contributed by atoms with E-state index in [0.717, 1.165) is 12.8 Å². The van der Waals surface area contributed by atoms with Gasteiger partial charge in [-0.15, -0.1) is 0 Å². The summed E-state index contributed by atoms with van der Waals surface area (Å²) >= 11 is 6.84. The molecule has 2 nitrogen and oxygen atoms in total. The van der Waals surface area contributed by atoms with Crippen molar-refractivity contribution in [2.45, 2.75) is 83.8 Å². The molecular formula is C17H33ClO2Si. The molecule has 0 aromatic heterocycles. The maximum atomic E-state index is 11.2. The van der Waals surface area contributed by atoms with Gasteiger partial charge < -0.3 is 4.74 Å². The van der Waals surface area contributed by atoms with E-state index < -0.39 is 7.38 Å². The van der Waals surface area contributed by atoms with Gasteiger partial charge in [0, 0.05) is 5.57 Å². The van der Waals surface area contributed by atoms with Crippen LogP contribution in [0.1, 0.15) is 65.7 Å². The van der Waals surface area contributed by atoms with E-state index in [2.05, 4.69) is 20.4 Å². The smallest absolute Gasteiger partial charge is 0.333 e. The molecule has 0 spiro atoms. The van der Waals surface area contributed by atoms with Crippen molar-refractivity contribution in [3.8, 4) is 0 Å². The summed E-state index contributed by atoms with van der Waals surface area (Å²) in [6.07, 6.45) is 8.26. The van der Waals surface area contributed by atoms with Gasteiger partial charge >= 0.3 is 5.97 Å². The van der Waals surface area contributed by atoms with Crippen molar-refractivity contribution in [1.29, 1.82) is 0 Å². The summed E-state index contributed by atoms with van der Waals surface area (Å²) in [5.74, 6) is -0.271. The molecule has 0 aromatic carbocycles. The van der Waals surface area contributed by atoms with Gasteiger partial charge in [-0.1, -0.05) is 59.0 Å². The first-order chi connectivity index (χ1) is 9.95. The Morgan fingerprint density at radius 1 is 1.00 bits per heavy atom. The van der Waals surface area contributed by atoms with E-state index >= 15 is 0 Å². The van der Waals surface area contributed by atoms with Crippen LogP contribution in [0.4, 0.5) is 0 Å². The second-order valence-corrected chi connectivity index (χ2v) is 12.3. The minimum absolute atomic E-state index is 0.271. The van der Waals surface area contributed by atoms with Crippen LogP contribution in [0.15, 0.2) is 12.2 Å². The Labute approximate surface area is 137 Å². The quantitative estimate of drug-likeness (QED) is 0.135. The number of rotatable bonds is 13. The topological polar surface area (TPSA) is 26.3 Å². The number of hydrogen-bond donors (Lipinski definition) is 0. The van der Waals surface area contributed by atoms with Gasteiger partial charge in [0.15, 0.2) is 7.38 Å². The normalized spacial score (nSPS) is 11.4. The van der Waals surface area contributed by atoms with Crippen LogP contribution in [-0.2, 0) is 9.53 Å². The minimum Gasteiger partial charge on any atom is -0.462 e. The molecule has 21 heavy (non-hydrogen) atoms. The Kier molecular flexibility index (Phi) is 12.1. The number of ether oxygens (including phenoxy) is 1. The Hall–Kier alpha value is -0.283. The van der Waals surface area contributed by atoms with E-state index in [1.54, 1.807) is 6.92 Å². The van der Waals surface area contributed by atoms with E-state index in [-0.39, 0.29) is 5.97 Å². The van der Waals surface area contributed by atoms with Crippen LogP contribution >= 0.6 is 11.1 Å². The summed E-state index contributed by atoms with van der Waals surface area (Å²) in [6.45, 7) is 10.2. The zero-order valence-corrected chi connectivity index (χ0v) is 15.9. The number of hydrogen-bond acceptors (Lipinski definition) is 2. The van der Waals surface area contributed by atoms with Gasteiger partial charge in [0.05, 0.1) is 6.61 Å². The molecule has 0 saturated carbocycles. The van der Waals surface area contributed by atoms with Crippen LogP contribution in [0.5, 0.6) is 0 Å².